The van der Waals surface area contributed by atoms with Gasteiger partial charge in [0.2, 0.25) is 11.8 Å². The van der Waals surface area contributed by atoms with Crippen molar-refractivity contribution in [2.24, 2.45) is 0 Å². The summed E-state index contributed by atoms with van der Waals surface area (Å²) in [7, 11) is -4.35. The summed E-state index contributed by atoms with van der Waals surface area (Å²) in [5.41, 5.74) is 0.283. The minimum Gasteiger partial charge on any atom is -0.352 e. The second-order valence-corrected chi connectivity index (χ2v) is 11.7. The van der Waals surface area contributed by atoms with E-state index in [2.05, 4.69) is 5.32 Å². The molecule has 0 aliphatic carbocycles. The number of carbonyl (C=O) groups excluding carboxylic acids is 2. The number of nitrogens with one attached hydrogen (secondary N) is 1. The highest BCUT2D eigenvalue weighted by Gasteiger charge is 2.33. The van der Waals surface area contributed by atoms with E-state index in [0.717, 1.165) is 10.4 Å². The van der Waals surface area contributed by atoms with Crippen molar-refractivity contribution in [3.8, 4) is 0 Å². The SMILES string of the molecule is CC[C@@H](C)NC(=O)[C@@H](C)N(Cc1ccc(Cl)c(Cl)c1)C(=O)CN(c1ccccc1F)S(=O)(=O)c1ccccc1. The molecule has 3 aromatic carbocycles. The summed E-state index contributed by atoms with van der Waals surface area (Å²) in [6, 6.07) is 16.4. The van der Waals surface area contributed by atoms with Crippen LogP contribution < -0.4 is 9.62 Å². The van der Waals surface area contributed by atoms with E-state index in [4.69, 9.17) is 23.2 Å². The summed E-state index contributed by atoms with van der Waals surface area (Å²) >= 11 is 12.2. The first-order chi connectivity index (χ1) is 18.4. The van der Waals surface area contributed by atoms with Crippen LogP contribution in [-0.4, -0.2) is 43.8 Å². The zero-order valence-corrected chi connectivity index (χ0v) is 24.1. The minimum absolute atomic E-state index is 0.0681. The van der Waals surface area contributed by atoms with Crippen LogP contribution in [0, 0.1) is 5.82 Å². The number of amides is 2. The van der Waals surface area contributed by atoms with Crippen molar-refractivity contribution in [2.45, 2.75) is 50.7 Å². The lowest BCUT2D eigenvalue weighted by molar-refractivity contribution is -0.139. The van der Waals surface area contributed by atoms with Crippen molar-refractivity contribution in [3.05, 3.63) is 94.2 Å². The molecule has 0 radical (unpaired) electrons. The van der Waals surface area contributed by atoms with Gasteiger partial charge in [0.25, 0.3) is 10.0 Å². The monoisotopic (exact) mass is 593 g/mol. The number of carbonyl (C=O) groups is 2. The highest BCUT2D eigenvalue weighted by molar-refractivity contribution is 7.92. The Morgan fingerprint density at radius 1 is 0.949 bits per heavy atom. The maximum Gasteiger partial charge on any atom is 0.264 e. The van der Waals surface area contributed by atoms with Crippen LogP contribution in [0.2, 0.25) is 10.0 Å². The third-order valence-corrected chi connectivity index (χ3v) is 8.75. The number of hydrogen-bond donors (Lipinski definition) is 1. The predicted octanol–water partition coefficient (Wildman–Crippen LogP) is 5.66. The van der Waals surface area contributed by atoms with Crippen LogP contribution >= 0.6 is 23.2 Å². The summed E-state index contributed by atoms with van der Waals surface area (Å²) < 4.78 is 42.9. The van der Waals surface area contributed by atoms with Gasteiger partial charge in [0.15, 0.2) is 0 Å². The van der Waals surface area contributed by atoms with Crippen LogP contribution in [0.3, 0.4) is 0 Å². The number of anilines is 1. The molecule has 2 atom stereocenters. The topological polar surface area (TPSA) is 86.8 Å². The van der Waals surface area contributed by atoms with E-state index in [1.165, 1.54) is 47.4 Å². The maximum atomic E-state index is 14.9. The van der Waals surface area contributed by atoms with Gasteiger partial charge in [-0.1, -0.05) is 66.5 Å². The molecule has 3 aromatic rings. The Labute approximate surface area is 238 Å². The lowest BCUT2D eigenvalue weighted by Crippen LogP contribution is -2.52. The molecule has 7 nitrogen and oxygen atoms in total. The van der Waals surface area contributed by atoms with Gasteiger partial charge < -0.3 is 10.2 Å². The average molecular weight is 595 g/mol. The van der Waals surface area contributed by atoms with Gasteiger partial charge in [0, 0.05) is 12.6 Å². The molecule has 0 spiro atoms. The van der Waals surface area contributed by atoms with Crippen LogP contribution in [0.1, 0.15) is 32.8 Å². The molecule has 0 aliphatic rings. The number of nitrogens with zero attached hydrogens (tertiary/aromatic N) is 2. The van der Waals surface area contributed by atoms with E-state index in [-0.39, 0.29) is 28.2 Å². The summed E-state index contributed by atoms with van der Waals surface area (Å²) in [4.78, 5) is 28.0. The zero-order valence-electron chi connectivity index (χ0n) is 21.8. The van der Waals surface area contributed by atoms with Gasteiger partial charge in [-0.25, -0.2) is 12.8 Å². The molecule has 3 rings (SSSR count). The molecule has 0 aromatic heterocycles. The number of para-hydroxylation sites is 1. The van der Waals surface area contributed by atoms with Gasteiger partial charge in [-0.2, -0.15) is 0 Å². The summed E-state index contributed by atoms with van der Waals surface area (Å²) in [6.45, 7) is 4.48. The maximum absolute atomic E-state index is 14.9. The molecule has 0 saturated carbocycles. The molecular formula is C28H30Cl2FN3O4S. The van der Waals surface area contributed by atoms with Gasteiger partial charge in [0.05, 0.1) is 20.6 Å². The summed E-state index contributed by atoms with van der Waals surface area (Å²) in [5.74, 6) is -1.94. The first-order valence-electron chi connectivity index (χ1n) is 12.3. The van der Waals surface area contributed by atoms with Gasteiger partial charge in [0.1, 0.15) is 18.4 Å². The average Bonchev–Trinajstić information content (AvgIpc) is 2.92. The Kier molecular flexibility index (Phi) is 10.4. The Balaban J connectivity index is 2.04. The highest BCUT2D eigenvalue weighted by Crippen LogP contribution is 2.28. The molecule has 208 valence electrons. The lowest BCUT2D eigenvalue weighted by Gasteiger charge is -2.32. The minimum atomic E-state index is -4.35. The van der Waals surface area contributed by atoms with Crippen molar-refractivity contribution >= 4 is 50.7 Å². The third-order valence-electron chi connectivity index (χ3n) is 6.24. The van der Waals surface area contributed by atoms with E-state index in [1.54, 1.807) is 31.2 Å². The van der Waals surface area contributed by atoms with E-state index in [9.17, 15) is 22.4 Å². The molecule has 2 amide bonds. The summed E-state index contributed by atoms with van der Waals surface area (Å²) in [5, 5.41) is 3.43. The van der Waals surface area contributed by atoms with Crippen LogP contribution in [-0.2, 0) is 26.2 Å². The molecule has 0 bridgehead atoms. The van der Waals surface area contributed by atoms with E-state index in [1.807, 2.05) is 13.8 Å². The largest absolute Gasteiger partial charge is 0.352 e. The van der Waals surface area contributed by atoms with Gasteiger partial charge in [-0.3, -0.25) is 13.9 Å². The normalized spacial score (nSPS) is 12.9. The molecule has 11 heteroatoms. The van der Waals surface area contributed by atoms with Crippen molar-refractivity contribution < 1.29 is 22.4 Å². The van der Waals surface area contributed by atoms with E-state index in [0.29, 0.717) is 17.0 Å². The Bertz CT molecular complexity index is 1420. The molecule has 0 unspecified atom stereocenters. The highest BCUT2D eigenvalue weighted by atomic mass is 35.5. The fraction of sp³-hybridized carbons (Fsp3) is 0.286. The first kappa shape index (κ1) is 30.4. The van der Waals surface area contributed by atoms with Crippen LogP contribution in [0.4, 0.5) is 10.1 Å². The lowest BCUT2D eigenvalue weighted by atomic mass is 10.1. The Morgan fingerprint density at radius 2 is 1.59 bits per heavy atom. The number of rotatable bonds is 11. The van der Waals surface area contributed by atoms with E-state index < -0.39 is 40.2 Å². The fourth-order valence-corrected chi connectivity index (χ4v) is 5.53. The second-order valence-electron chi connectivity index (χ2n) is 9.04. The quantitative estimate of drug-likeness (QED) is 0.311. The van der Waals surface area contributed by atoms with Crippen molar-refractivity contribution in [1.82, 2.24) is 10.2 Å². The number of hydrogen-bond acceptors (Lipinski definition) is 4. The Hall–Kier alpha value is -3.14. The van der Waals surface area contributed by atoms with Gasteiger partial charge in [-0.15, -0.1) is 0 Å². The fourth-order valence-electron chi connectivity index (χ4n) is 3.77. The predicted molar refractivity (Wildman–Crippen MR) is 152 cm³/mol. The second kappa shape index (κ2) is 13.3. The molecule has 39 heavy (non-hydrogen) atoms. The molecule has 0 saturated heterocycles. The Morgan fingerprint density at radius 3 is 2.21 bits per heavy atom. The smallest absolute Gasteiger partial charge is 0.264 e. The number of sulfonamides is 1. The molecule has 1 N–H and O–H groups in total. The number of halogens is 3. The molecular weight excluding hydrogens is 564 g/mol. The molecule has 0 fully saturated rings. The zero-order chi connectivity index (χ0) is 28.7. The number of benzene rings is 3. The summed E-state index contributed by atoms with van der Waals surface area (Å²) in [6.07, 6.45) is 0.676. The van der Waals surface area contributed by atoms with Crippen molar-refractivity contribution in [2.75, 3.05) is 10.8 Å². The van der Waals surface area contributed by atoms with Crippen molar-refractivity contribution in [3.63, 3.8) is 0 Å². The van der Waals surface area contributed by atoms with Crippen LogP contribution in [0.5, 0.6) is 0 Å². The molecule has 0 aliphatic heterocycles. The van der Waals surface area contributed by atoms with Gasteiger partial charge in [-0.05, 0) is 62.2 Å². The molecule has 0 heterocycles. The van der Waals surface area contributed by atoms with E-state index >= 15 is 0 Å². The van der Waals surface area contributed by atoms with Crippen LogP contribution in [0.15, 0.2) is 77.7 Å². The third kappa shape index (κ3) is 7.50. The standard InChI is InChI=1S/C28H30Cl2FN3O4S/c1-4-19(2)32-28(36)20(3)33(17-21-14-15-23(29)24(30)16-21)27(35)18-34(26-13-9-8-12-25(26)31)39(37,38)22-10-6-5-7-11-22/h5-16,19-20H,4,17-18H2,1-3H3,(H,32,36)/t19-,20-/m1/s1. The van der Waals surface area contributed by atoms with Crippen LogP contribution in [0.25, 0.3) is 0 Å². The van der Waals surface area contributed by atoms with Gasteiger partial charge >= 0.3 is 0 Å². The first-order valence-corrected chi connectivity index (χ1v) is 14.5. The van der Waals surface area contributed by atoms with Crippen molar-refractivity contribution in [1.29, 1.82) is 0 Å².